The first-order valence-corrected chi connectivity index (χ1v) is 7.74. The lowest BCUT2D eigenvalue weighted by Gasteiger charge is -2.16. The lowest BCUT2D eigenvalue weighted by molar-refractivity contribution is -0.384. The lowest BCUT2D eigenvalue weighted by atomic mass is 10.1. The fourth-order valence-corrected chi connectivity index (χ4v) is 2.60. The highest BCUT2D eigenvalue weighted by molar-refractivity contribution is 6.35. The average Bonchev–Trinajstić information content (AvgIpc) is 2.53. The van der Waals surface area contributed by atoms with E-state index in [9.17, 15) is 14.9 Å². The van der Waals surface area contributed by atoms with E-state index in [0.717, 1.165) is 5.56 Å². The number of nitro groups is 1. The monoisotopic (exact) mass is 368 g/mol. The predicted octanol–water partition coefficient (Wildman–Crippen LogP) is 4.16. The molecular weight excluding hydrogens is 355 g/mol. The molecule has 1 N–H and O–H groups in total. The first-order chi connectivity index (χ1) is 11.4. The summed E-state index contributed by atoms with van der Waals surface area (Å²) in [5, 5.41) is 14.3. The van der Waals surface area contributed by atoms with Gasteiger partial charge >= 0.3 is 0 Å². The van der Waals surface area contributed by atoms with Crippen LogP contribution >= 0.6 is 23.2 Å². The Morgan fingerprint density at radius 3 is 2.50 bits per heavy atom. The quantitative estimate of drug-likeness (QED) is 0.612. The maximum atomic E-state index is 11.9. The second-order valence-corrected chi connectivity index (χ2v) is 5.84. The lowest BCUT2D eigenvalue weighted by Crippen LogP contribution is -2.31. The summed E-state index contributed by atoms with van der Waals surface area (Å²) in [6.45, 7) is 1.58. The molecule has 0 saturated heterocycles. The molecule has 0 saturated carbocycles. The number of amides is 1. The Kier molecular flexibility index (Phi) is 6.00. The molecule has 0 aliphatic carbocycles. The van der Waals surface area contributed by atoms with Crippen molar-refractivity contribution >= 4 is 34.8 Å². The van der Waals surface area contributed by atoms with E-state index in [1.165, 1.54) is 24.3 Å². The van der Waals surface area contributed by atoms with Gasteiger partial charge in [-0.1, -0.05) is 29.3 Å². The van der Waals surface area contributed by atoms with Gasteiger partial charge in [0.15, 0.2) is 6.61 Å². The second-order valence-electron chi connectivity index (χ2n) is 4.99. The van der Waals surface area contributed by atoms with Gasteiger partial charge in [-0.15, -0.1) is 0 Å². The normalized spacial score (nSPS) is 11.6. The van der Waals surface area contributed by atoms with Gasteiger partial charge in [0.25, 0.3) is 11.6 Å². The van der Waals surface area contributed by atoms with Gasteiger partial charge < -0.3 is 10.1 Å². The van der Waals surface area contributed by atoms with Crippen molar-refractivity contribution < 1.29 is 14.5 Å². The fourth-order valence-electron chi connectivity index (χ4n) is 2.03. The number of non-ortho nitro benzene ring substituents is 1. The van der Waals surface area contributed by atoms with E-state index in [1.807, 2.05) is 0 Å². The van der Waals surface area contributed by atoms with Crippen molar-refractivity contribution in [1.29, 1.82) is 0 Å². The zero-order chi connectivity index (χ0) is 17.7. The fraction of sp³-hybridized carbons (Fsp3) is 0.188. The number of hydrogen-bond donors (Lipinski definition) is 1. The van der Waals surface area contributed by atoms with Crippen LogP contribution in [0.1, 0.15) is 18.5 Å². The molecule has 126 valence electrons. The molecule has 0 heterocycles. The van der Waals surface area contributed by atoms with Crippen LogP contribution < -0.4 is 10.1 Å². The highest BCUT2D eigenvalue weighted by Gasteiger charge is 2.13. The molecule has 1 amide bonds. The maximum Gasteiger partial charge on any atom is 0.269 e. The van der Waals surface area contributed by atoms with Gasteiger partial charge in [0.2, 0.25) is 0 Å². The molecule has 0 unspecified atom stereocenters. The van der Waals surface area contributed by atoms with Crippen LogP contribution in [-0.2, 0) is 4.79 Å². The average molecular weight is 369 g/mol. The van der Waals surface area contributed by atoms with Gasteiger partial charge in [-0.2, -0.15) is 0 Å². The first kappa shape index (κ1) is 18.0. The van der Waals surface area contributed by atoms with Gasteiger partial charge in [-0.05, 0) is 36.8 Å². The summed E-state index contributed by atoms with van der Waals surface area (Å²) in [4.78, 5) is 22.0. The Bertz CT molecular complexity index is 750. The van der Waals surface area contributed by atoms with E-state index in [0.29, 0.717) is 15.8 Å². The summed E-state index contributed by atoms with van der Waals surface area (Å²) >= 11 is 11.9. The number of ether oxygens (including phenoxy) is 1. The Morgan fingerprint density at radius 1 is 1.25 bits per heavy atom. The maximum absolute atomic E-state index is 11.9. The SMILES string of the molecule is C[C@@H](NC(=O)COc1ccc([N+](=O)[O-])cc1)c1ccc(Cl)cc1Cl. The number of hydrogen-bond acceptors (Lipinski definition) is 4. The zero-order valence-electron chi connectivity index (χ0n) is 12.7. The number of benzene rings is 2. The number of halogens is 2. The third-order valence-corrected chi connectivity index (χ3v) is 3.79. The molecule has 0 aliphatic rings. The largest absolute Gasteiger partial charge is 0.484 e. The molecule has 6 nitrogen and oxygen atoms in total. The molecule has 0 spiro atoms. The minimum atomic E-state index is -0.506. The molecule has 1 atom stereocenters. The minimum absolute atomic E-state index is 0.0437. The van der Waals surface area contributed by atoms with Crippen LogP contribution in [0.4, 0.5) is 5.69 Å². The minimum Gasteiger partial charge on any atom is -0.484 e. The summed E-state index contributed by atoms with van der Waals surface area (Å²) in [5.74, 6) is 0.0276. The van der Waals surface area contributed by atoms with E-state index in [1.54, 1.807) is 25.1 Å². The van der Waals surface area contributed by atoms with Crippen LogP contribution in [0.25, 0.3) is 0 Å². The molecule has 0 radical (unpaired) electrons. The molecule has 2 aromatic carbocycles. The molecule has 2 rings (SSSR count). The van der Waals surface area contributed by atoms with Gasteiger partial charge in [-0.3, -0.25) is 14.9 Å². The van der Waals surface area contributed by atoms with Crippen molar-refractivity contribution in [1.82, 2.24) is 5.32 Å². The van der Waals surface area contributed by atoms with Gasteiger partial charge in [-0.25, -0.2) is 0 Å². The van der Waals surface area contributed by atoms with E-state index in [2.05, 4.69) is 5.32 Å². The zero-order valence-corrected chi connectivity index (χ0v) is 14.2. The van der Waals surface area contributed by atoms with Crippen molar-refractivity contribution in [3.63, 3.8) is 0 Å². The third-order valence-electron chi connectivity index (χ3n) is 3.22. The van der Waals surface area contributed by atoms with Crippen LogP contribution in [0.2, 0.25) is 10.0 Å². The van der Waals surface area contributed by atoms with Gasteiger partial charge in [0, 0.05) is 22.2 Å². The summed E-state index contributed by atoms with van der Waals surface area (Å²) in [6.07, 6.45) is 0. The van der Waals surface area contributed by atoms with Crippen LogP contribution in [0.15, 0.2) is 42.5 Å². The molecule has 0 bridgehead atoms. The van der Waals surface area contributed by atoms with Crippen LogP contribution in [-0.4, -0.2) is 17.4 Å². The Morgan fingerprint density at radius 2 is 1.92 bits per heavy atom. The number of nitro benzene ring substituents is 1. The molecule has 2 aromatic rings. The number of rotatable bonds is 6. The number of carbonyl (C=O) groups excluding carboxylic acids is 1. The molecular formula is C16H14Cl2N2O4. The van der Waals surface area contributed by atoms with Crippen LogP contribution in [0.3, 0.4) is 0 Å². The first-order valence-electron chi connectivity index (χ1n) is 6.98. The van der Waals surface area contributed by atoms with Gasteiger partial charge in [0.05, 0.1) is 11.0 Å². The number of carbonyl (C=O) groups is 1. The highest BCUT2D eigenvalue weighted by Crippen LogP contribution is 2.26. The van der Waals surface area contributed by atoms with E-state index in [-0.39, 0.29) is 24.2 Å². The Labute approximate surface area is 148 Å². The van der Waals surface area contributed by atoms with Crippen LogP contribution in [0, 0.1) is 10.1 Å². The number of nitrogens with zero attached hydrogens (tertiary/aromatic N) is 1. The summed E-state index contributed by atoms with van der Waals surface area (Å²) in [5.41, 5.74) is 0.697. The predicted molar refractivity (Wildman–Crippen MR) is 91.6 cm³/mol. The van der Waals surface area contributed by atoms with Crippen molar-refractivity contribution in [2.75, 3.05) is 6.61 Å². The molecule has 24 heavy (non-hydrogen) atoms. The van der Waals surface area contributed by atoms with Crippen molar-refractivity contribution in [2.45, 2.75) is 13.0 Å². The second kappa shape index (κ2) is 7.99. The summed E-state index contributed by atoms with van der Waals surface area (Å²) in [6, 6.07) is 10.2. The Hall–Kier alpha value is -2.31. The van der Waals surface area contributed by atoms with Crippen LogP contribution in [0.5, 0.6) is 5.75 Å². The molecule has 8 heteroatoms. The topological polar surface area (TPSA) is 81.5 Å². The van der Waals surface area contributed by atoms with Crippen molar-refractivity contribution in [3.05, 3.63) is 68.2 Å². The van der Waals surface area contributed by atoms with E-state index < -0.39 is 4.92 Å². The molecule has 0 fully saturated rings. The van der Waals surface area contributed by atoms with Crippen molar-refractivity contribution in [2.24, 2.45) is 0 Å². The third kappa shape index (κ3) is 4.84. The highest BCUT2D eigenvalue weighted by atomic mass is 35.5. The number of nitrogens with one attached hydrogen (secondary N) is 1. The van der Waals surface area contributed by atoms with Gasteiger partial charge in [0.1, 0.15) is 5.75 Å². The smallest absolute Gasteiger partial charge is 0.269 e. The standard InChI is InChI=1S/C16H14Cl2N2O4/c1-10(14-7-2-11(17)8-15(14)18)19-16(21)9-24-13-5-3-12(4-6-13)20(22)23/h2-8,10H,9H2,1H3,(H,19,21)/t10-/m1/s1. The van der Waals surface area contributed by atoms with E-state index >= 15 is 0 Å². The van der Waals surface area contributed by atoms with Crippen molar-refractivity contribution in [3.8, 4) is 5.75 Å². The molecule has 0 aromatic heterocycles. The summed E-state index contributed by atoms with van der Waals surface area (Å²) in [7, 11) is 0. The van der Waals surface area contributed by atoms with E-state index in [4.69, 9.17) is 27.9 Å². The summed E-state index contributed by atoms with van der Waals surface area (Å²) < 4.78 is 5.30. The Balaban J connectivity index is 1.89. The molecule has 0 aliphatic heterocycles.